The first-order valence-electron chi connectivity index (χ1n) is 9.75. The molecule has 0 aliphatic carbocycles. The van der Waals surface area contributed by atoms with Crippen molar-refractivity contribution in [1.82, 2.24) is 4.90 Å². The number of hydrogen-bond donors (Lipinski definition) is 2. The number of nitrogens with zero attached hydrogens (tertiary/aromatic N) is 1. The Morgan fingerprint density at radius 1 is 1.14 bits per heavy atom. The van der Waals surface area contributed by atoms with Crippen LogP contribution in [0, 0.1) is 0 Å². The van der Waals surface area contributed by atoms with Crippen molar-refractivity contribution >= 4 is 0 Å². The van der Waals surface area contributed by atoms with Crippen LogP contribution in [0.1, 0.15) is 30.1 Å². The molecule has 0 saturated carbocycles. The Morgan fingerprint density at radius 2 is 1.93 bits per heavy atom. The van der Waals surface area contributed by atoms with Crippen LogP contribution in [0.3, 0.4) is 0 Å². The van der Waals surface area contributed by atoms with Gasteiger partial charge in [-0.25, -0.2) is 0 Å². The molecule has 0 aromatic heterocycles. The molecule has 0 radical (unpaired) electrons. The molecule has 1 fully saturated rings. The van der Waals surface area contributed by atoms with Crippen LogP contribution in [0.15, 0.2) is 42.5 Å². The van der Waals surface area contributed by atoms with Gasteiger partial charge < -0.3 is 24.4 Å². The number of ether oxygens (including phenoxy) is 3. The van der Waals surface area contributed by atoms with Crippen molar-refractivity contribution in [1.29, 1.82) is 0 Å². The fraction of sp³-hybridized carbons (Fsp3) is 0.455. The van der Waals surface area contributed by atoms with Gasteiger partial charge in [-0.05, 0) is 43.1 Å². The zero-order chi connectivity index (χ0) is 19.6. The van der Waals surface area contributed by atoms with E-state index < -0.39 is 11.7 Å². The van der Waals surface area contributed by atoms with Crippen LogP contribution in [0.2, 0.25) is 0 Å². The summed E-state index contributed by atoms with van der Waals surface area (Å²) in [7, 11) is 1.62. The van der Waals surface area contributed by atoms with E-state index in [1.807, 2.05) is 42.5 Å². The molecule has 0 amide bonds. The topological polar surface area (TPSA) is 71.4 Å². The molecule has 2 aromatic rings. The van der Waals surface area contributed by atoms with E-state index in [1.165, 1.54) is 0 Å². The number of methoxy groups -OCH3 is 1. The average Bonchev–Trinajstić information content (AvgIpc) is 2.73. The number of benzene rings is 2. The van der Waals surface area contributed by atoms with Crippen molar-refractivity contribution in [2.45, 2.75) is 24.5 Å². The number of aliphatic hydroxyl groups is 2. The zero-order valence-corrected chi connectivity index (χ0v) is 16.1. The first-order valence-corrected chi connectivity index (χ1v) is 9.75. The Hall–Kier alpha value is -2.28. The molecule has 1 saturated heterocycles. The van der Waals surface area contributed by atoms with Crippen molar-refractivity contribution in [3.8, 4) is 17.2 Å². The molecule has 2 N–H and O–H groups in total. The van der Waals surface area contributed by atoms with Crippen molar-refractivity contribution < 1.29 is 24.4 Å². The Balaban J connectivity index is 1.48. The molecule has 6 heteroatoms. The number of fused-ring (bicyclic) bond motifs is 1. The van der Waals surface area contributed by atoms with Gasteiger partial charge in [0.2, 0.25) is 0 Å². The molecule has 2 heterocycles. The minimum Gasteiger partial charge on any atom is -0.496 e. The van der Waals surface area contributed by atoms with E-state index in [9.17, 15) is 10.2 Å². The first-order chi connectivity index (χ1) is 13.6. The lowest BCUT2D eigenvalue weighted by Gasteiger charge is -2.40. The third-order valence-electron chi connectivity index (χ3n) is 5.54. The van der Waals surface area contributed by atoms with Crippen molar-refractivity contribution in [2.75, 3.05) is 40.0 Å². The Bertz CT molecular complexity index is 826. The number of hydrogen-bond acceptors (Lipinski definition) is 6. The lowest BCUT2D eigenvalue weighted by molar-refractivity contribution is -0.0474. The molecule has 4 rings (SSSR count). The van der Waals surface area contributed by atoms with E-state index in [2.05, 4.69) is 4.90 Å². The van der Waals surface area contributed by atoms with E-state index in [0.29, 0.717) is 50.0 Å². The van der Waals surface area contributed by atoms with Gasteiger partial charge in [0.15, 0.2) is 11.5 Å². The number of rotatable bonds is 5. The normalized spacial score (nSPS) is 23.2. The zero-order valence-electron chi connectivity index (χ0n) is 16.1. The molecule has 2 aromatic carbocycles. The summed E-state index contributed by atoms with van der Waals surface area (Å²) in [6.45, 7) is 2.79. The Morgan fingerprint density at radius 3 is 2.75 bits per heavy atom. The minimum absolute atomic E-state index is 0.442. The van der Waals surface area contributed by atoms with Gasteiger partial charge in [0.1, 0.15) is 24.6 Å². The van der Waals surface area contributed by atoms with Gasteiger partial charge in [-0.1, -0.05) is 24.3 Å². The third-order valence-corrected chi connectivity index (χ3v) is 5.54. The molecule has 28 heavy (non-hydrogen) atoms. The number of β-amino-alcohol motifs (C(OH)–C–C–N with tert-alkyl or cyclic N) is 2. The molecule has 0 unspecified atom stereocenters. The first kappa shape index (κ1) is 19.1. The van der Waals surface area contributed by atoms with Gasteiger partial charge in [-0.2, -0.15) is 0 Å². The number of aliphatic hydroxyl groups excluding tert-OH is 1. The molecule has 2 aliphatic heterocycles. The highest BCUT2D eigenvalue weighted by atomic mass is 16.6. The van der Waals surface area contributed by atoms with Crippen molar-refractivity contribution in [3.63, 3.8) is 0 Å². The number of likely N-dealkylation sites (tertiary alicyclic amines) is 1. The molecular formula is C22H27NO5. The van der Waals surface area contributed by atoms with Crippen LogP contribution in [-0.2, 0) is 5.60 Å². The summed E-state index contributed by atoms with van der Waals surface area (Å²) < 4.78 is 16.6. The predicted molar refractivity (Wildman–Crippen MR) is 105 cm³/mol. The SMILES string of the molecule is COc1ccccc1[C@]1(O)CCCN(C[C@H](O)c2ccc3c(c2)OCCO3)C1. The van der Waals surface area contributed by atoms with Crippen LogP contribution in [0.25, 0.3) is 0 Å². The molecular weight excluding hydrogens is 358 g/mol. The second kappa shape index (κ2) is 7.99. The van der Waals surface area contributed by atoms with E-state index in [-0.39, 0.29) is 0 Å². The lowest BCUT2D eigenvalue weighted by Crippen LogP contribution is -2.47. The van der Waals surface area contributed by atoms with Gasteiger partial charge in [0.05, 0.1) is 13.2 Å². The third kappa shape index (κ3) is 3.81. The van der Waals surface area contributed by atoms with Gasteiger partial charge in [0.25, 0.3) is 0 Å². The number of piperidine rings is 1. The maximum atomic E-state index is 11.3. The lowest BCUT2D eigenvalue weighted by atomic mass is 9.85. The van der Waals surface area contributed by atoms with Gasteiger partial charge in [-0.3, -0.25) is 4.90 Å². The van der Waals surface area contributed by atoms with Crippen LogP contribution in [0.4, 0.5) is 0 Å². The molecule has 2 atom stereocenters. The quantitative estimate of drug-likeness (QED) is 0.824. The smallest absolute Gasteiger partial charge is 0.161 e. The van der Waals surface area contributed by atoms with E-state index in [0.717, 1.165) is 24.1 Å². The highest BCUT2D eigenvalue weighted by Gasteiger charge is 2.37. The van der Waals surface area contributed by atoms with Gasteiger partial charge >= 0.3 is 0 Å². The average molecular weight is 385 g/mol. The summed E-state index contributed by atoms with van der Waals surface area (Å²) in [5.74, 6) is 2.08. The van der Waals surface area contributed by atoms with E-state index in [4.69, 9.17) is 14.2 Å². The second-order valence-electron chi connectivity index (χ2n) is 7.49. The summed E-state index contributed by atoms with van der Waals surface area (Å²) in [5.41, 5.74) is 0.601. The monoisotopic (exact) mass is 385 g/mol. The van der Waals surface area contributed by atoms with Crippen LogP contribution in [0.5, 0.6) is 17.2 Å². The Kier molecular flexibility index (Phi) is 5.44. The molecule has 0 bridgehead atoms. The van der Waals surface area contributed by atoms with Crippen molar-refractivity contribution in [3.05, 3.63) is 53.6 Å². The minimum atomic E-state index is -0.989. The summed E-state index contributed by atoms with van der Waals surface area (Å²) in [6.07, 6.45) is 0.850. The summed E-state index contributed by atoms with van der Waals surface area (Å²) in [6, 6.07) is 13.2. The van der Waals surface area contributed by atoms with E-state index >= 15 is 0 Å². The standard InChI is InChI=1S/C22H27NO5/c1-26-19-6-3-2-5-17(19)22(25)9-4-10-23(15-22)14-18(24)16-7-8-20-21(13-16)28-12-11-27-20/h2-3,5-8,13,18,24-25H,4,9-12,14-15H2,1H3/t18-,22-/m0/s1. The highest BCUT2D eigenvalue weighted by Crippen LogP contribution is 2.38. The molecule has 6 nitrogen and oxygen atoms in total. The maximum absolute atomic E-state index is 11.3. The molecule has 2 aliphatic rings. The summed E-state index contributed by atoms with van der Waals surface area (Å²) >= 11 is 0. The molecule has 150 valence electrons. The second-order valence-corrected chi connectivity index (χ2v) is 7.49. The summed E-state index contributed by atoms with van der Waals surface area (Å²) in [5, 5.41) is 22.1. The van der Waals surface area contributed by atoms with Gasteiger partial charge in [0, 0.05) is 18.7 Å². The maximum Gasteiger partial charge on any atom is 0.161 e. The largest absolute Gasteiger partial charge is 0.496 e. The van der Waals surface area contributed by atoms with Crippen molar-refractivity contribution in [2.24, 2.45) is 0 Å². The predicted octanol–water partition coefficient (Wildman–Crippen LogP) is 2.48. The molecule has 0 spiro atoms. The highest BCUT2D eigenvalue weighted by molar-refractivity contribution is 5.44. The fourth-order valence-corrected chi connectivity index (χ4v) is 4.15. The van der Waals surface area contributed by atoms with Crippen LogP contribution >= 0.6 is 0 Å². The van der Waals surface area contributed by atoms with Gasteiger partial charge in [-0.15, -0.1) is 0 Å². The van der Waals surface area contributed by atoms with Crippen LogP contribution in [-0.4, -0.2) is 55.1 Å². The summed E-state index contributed by atoms with van der Waals surface area (Å²) in [4.78, 5) is 2.11. The number of para-hydroxylation sites is 1. The fourth-order valence-electron chi connectivity index (χ4n) is 4.15. The van der Waals surface area contributed by atoms with E-state index in [1.54, 1.807) is 7.11 Å². The Labute approximate surface area is 165 Å². The van der Waals surface area contributed by atoms with Crippen LogP contribution < -0.4 is 14.2 Å².